The van der Waals surface area contributed by atoms with E-state index in [1.807, 2.05) is 0 Å². The van der Waals surface area contributed by atoms with Crippen molar-refractivity contribution in [3.05, 3.63) is 0 Å². The molecule has 14 heavy (non-hydrogen) atoms. The fourth-order valence-corrected chi connectivity index (χ4v) is 2.71. The quantitative estimate of drug-likeness (QED) is 0.736. The molecule has 2 nitrogen and oxygen atoms in total. The molecule has 1 aliphatic heterocycles. The Kier molecular flexibility index (Phi) is 3.09. The number of piperidine rings is 1. The van der Waals surface area contributed by atoms with Gasteiger partial charge in [-0.05, 0) is 31.1 Å². The molecule has 2 rings (SSSR count). The van der Waals surface area contributed by atoms with E-state index in [0.29, 0.717) is 11.8 Å². The molecule has 0 aromatic heterocycles. The van der Waals surface area contributed by atoms with Gasteiger partial charge in [0.05, 0.1) is 0 Å². The van der Waals surface area contributed by atoms with E-state index in [9.17, 15) is 4.79 Å². The number of hydrogen-bond donors (Lipinski definition) is 1. The number of carbonyl (C=O) groups is 1. The third kappa shape index (κ3) is 2.10. The van der Waals surface area contributed by atoms with Crippen LogP contribution in [0.15, 0.2) is 0 Å². The van der Waals surface area contributed by atoms with Gasteiger partial charge in [-0.2, -0.15) is 0 Å². The molecule has 0 aromatic rings. The second-order valence-corrected chi connectivity index (χ2v) is 5.03. The van der Waals surface area contributed by atoms with Crippen LogP contribution in [0.3, 0.4) is 0 Å². The summed E-state index contributed by atoms with van der Waals surface area (Å²) in [6, 6.07) is 0. The molecule has 0 bridgehead atoms. The highest BCUT2D eigenvalue weighted by Crippen LogP contribution is 2.37. The van der Waals surface area contributed by atoms with Crippen molar-refractivity contribution in [2.45, 2.75) is 45.4 Å². The van der Waals surface area contributed by atoms with E-state index in [2.05, 4.69) is 12.2 Å². The van der Waals surface area contributed by atoms with E-state index < -0.39 is 0 Å². The molecular weight excluding hydrogens is 174 g/mol. The van der Waals surface area contributed by atoms with Crippen molar-refractivity contribution >= 4 is 5.91 Å². The molecule has 2 fully saturated rings. The Balaban J connectivity index is 1.79. The highest BCUT2D eigenvalue weighted by molar-refractivity contribution is 5.79. The summed E-state index contributed by atoms with van der Waals surface area (Å²) in [6.07, 6.45) is 7.62. The SMILES string of the molecule is CC(CC1CCCNC1=O)C1CCC1. The summed E-state index contributed by atoms with van der Waals surface area (Å²) in [5.74, 6) is 2.31. The standard InChI is InChI=1S/C12H21NO/c1-9(10-4-2-5-10)8-11-6-3-7-13-12(11)14/h9-11H,2-8H2,1H3,(H,13,14). The Hall–Kier alpha value is -0.530. The zero-order valence-corrected chi connectivity index (χ0v) is 9.09. The lowest BCUT2D eigenvalue weighted by atomic mass is 9.72. The summed E-state index contributed by atoms with van der Waals surface area (Å²) in [5, 5.41) is 2.97. The van der Waals surface area contributed by atoms with Gasteiger partial charge < -0.3 is 5.32 Å². The first-order chi connectivity index (χ1) is 6.77. The predicted molar refractivity (Wildman–Crippen MR) is 56.9 cm³/mol. The second kappa shape index (κ2) is 4.33. The number of hydrogen-bond acceptors (Lipinski definition) is 1. The smallest absolute Gasteiger partial charge is 0.223 e. The number of rotatable bonds is 3. The first-order valence-electron chi connectivity index (χ1n) is 6.05. The van der Waals surface area contributed by atoms with Crippen LogP contribution < -0.4 is 5.32 Å². The van der Waals surface area contributed by atoms with Crippen molar-refractivity contribution in [3.63, 3.8) is 0 Å². The number of carbonyl (C=O) groups excluding carboxylic acids is 1. The average molecular weight is 195 g/mol. The Bertz CT molecular complexity index is 210. The van der Waals surface area contributed by atoms with Crippen LogP contribution in [0, 0.1) is 17.8 Å². The van der Waals surface area contributed by atoms with E-state index in [-0.39, 0.29) is 0 Å². The maximum absolute atomic E-state index is 11.5. The van der Waals surface area contributed by atoms with Crippen molar-refractivity contribution in [3.8, 4) is 0 Å². The van der Waals surface area contributed by atoms with Crippen LogP contribution in [0.5, 0.6) is 0 Å². The van der Waals surface area contributed by atoms with E-state index in [1.165, 1.54) is 25.7 Å². The van der Waals surface area contributed by atoms with Crippen molar-refractivity contribution in [1.82, 2.24) is 5.32 Å². The number of amides is 1. The fraction of sp³-hybridized carbons (Fsp3) is 0.917. The molecule has 1 aliphatic carbocycles. The zero-order chi connectivity index (χ0) is 9.97. The maximum atomic E-state index is 11.5. The van der Waals surface area contributed by atoms with Crippen LogP contribution in [0.4, 0.5) is 0 Å². The molecule has 80 valence electrons. The molecule has 0 spiro atoms. The van der Waals surface area contributed by atoms with Crippen LogP contribution in [0.25, 0.3) is 0 Å². The minimum atomic E-state index is 0.308. The topological polar surface area (TPSA) is 29.1 Å². The minimum Gasteiger partial charge on any atom is -0.356 e. The van der Waals surface area contributed by atoms with Gasteiger partial charge in [-0.1, -0.05) is 26.2 Å². The van der Waals surface area contributed by atoms with Crippen LogP contribution in [-0.4, -0.2) is 12.5 Å². The number of nitrogens with one attached hydrogen (secondary N) is 1. The normalized spacial score (nSPS) is 30.6. The lowest BCUT2D eigenvalue weighted by Gasteiger charge is -2.34. The first kappa shape index (κ1) is 10.0. The molecule has 1 amide bonds. The van der Waals surface area contributed by atoms with E-state index in [4.69, 9.17) is 0 Å². The third-order valence-electron chi connectivity index (χ3n) is 4.01. The molecule has 0 aromatic carbocycles. The molecule has 1 saturated carbocycles. The van der Waals surface area contributed by atoms with Gasteiger partial charge in [-0.3, -0.25) is 4.79 Å². The molecule has 1 heterocycles. The summed E-state index contributed by atoms with van der Waals surface area (Å²) >= 11 is 0. The molecule has 2 aliphatic rings. The Labute approximate surface area is 86.5 Å². The Morgan fingerprint density at radius 2 is 2.14 bits per heavy atom. The van der Waals surface area contributed by atoms with Crippen LogP contribution >= 0.6 is 0 Å². The minimum absolute atomic E-state index is 0.308. The van der Waals surface area contributed by atoms with Gasteiger partial charge in [-0.15, -0.1) is 0 Å². The summed E-state index contributed by atoms with van der Waals surface area (Å²) in [4.78, 5) is 11.5. The zero-order valence-electron chi connectivity index (χ0n) is 9.09. The first-order valence-corrected chi connectivity index (χ1v) is 6.05. The molecule has 1 N–H and O–H groups in total. The molecule has 1 saturated heterocycles. The van der Waals surface area contributed by atoms with Gasteiger partial charge in [0.1, 0.15) is 0 Å². The van der Waals surface area contributed by atoms with Crippen LogP contribution in [0.1, 0.15) is 45.4 Å². The molecule has 2 atom stereocenters. The van der Waals surface area contributed by atoms with Crippen LogP contribution in [0.2, 0.25) is 0 Å². The van der Waals surface area contributed by atoms with Crippen molar-refractivity contribution in [1.29, 1.82) is 0 Å². The van der Waals surface area contributed by atoms with Crippen LogP contribution in [-0.2, 0) is 4.79 Å². The van der Waals surface area contributed by atoms with Gasteiger partial charge >= 0.3 is 0 Å². The molecule has 2 unspecified atom stereocenters. The second-order valence-electron chi connectivity index (χ2n) is 5.03. The summed E-state index contributed by atoms with van der Waals surface area (Å²) in [5.41, 5.74) is 0. The average Bonchev–Trinajstić information content (AvgIpc) is 2.05. The van der Waals surface area contributed by atoms with Gasteiger partial charge in [-0.25, -0.2) is 0 Å². The summed E-state index contributed by atoms with van der Waals surface area (Å²) in [7, 11) is 0. The van der Waals surface area contributed by atoms with Gasteiger partial charge in [0.15, 0.2) is 0 Å². The predicted octanol–water partition coefficient (Wildman–Crippen LogP) is 2.34. The summed E-state index contributed by atoms with van der Waals surface area (Å²) in [6.45, 7) is 3.22. The molecule has 2 heteroatoms. The van der Waals surface area contributed by atoms with Crippen molar-refractivity contribution in [2.75, 3.05) is 6.54 Å². The lowest BCUT2D eigenvalue weighted by molar-refractivity contribution is -0.127. The van der Waals surface area contributed by atoms with Gasteiger partial charge in [0.25, 0.3) is 0 Å². The van der Waals surface area contributed by atoms with E-state index >= 15 is 0 Å². The van der Waals surface area contributed by atoms with Gasteiger partial charge in [0.2, 0.25) is 5.91 Å². The highest BCUT2D eigenvalue weighted by atomic mass is 16.1. The molecule has 0 radical (unpaired) electrons. The Morgan fingerprint density at radius 1 is 1.36 bits per heavy atom. The fourth-order valence-electron chi connectivity index (χ4n) is 2.71. The van der Waals surface area contributed by atoms with Crippen molar-refractivity contribution < 1.29 is 4.79 Å². The largest absolute Gasteiger partial charge is 0.356 e. The lowest BCUT2D eigenvalue weighted by Crippen LogP contribution is -2.38. The Morgan fingerprint density at radius 3 is 2.71 bits per heavy atom. The highest BCUT2D eigenvalue weighted by Gasteiger charge is 2.29. The van der Waals surface area contributed by atoms with Gasteiger partial charge in [0, 0.05) is 12.5 Å². The molecular formula is C12H21NO. The van der Waals surface area contributed by atoms with E-state index in [1.54, 1.807) is 0 Å². The summed E-state index contributed by atoms with van der Waals surface area (Å²) < 4.78 is 0. The van der Waals surface area contributed by atoms with E-state index in [0.717, 1.165) is 31.2 Å². The maximum Gasteiger partial charge on any atom is 0.223 e. The third-order valence-corrected chi connectivity index (χ3v) is 4.01. The monoisotopic (exact) mass is 195 g/mol. The van der Waals surface area contributed by atoms with Crippen molar-refractivity contribution in [2.24, 2.45) is 17.8 Å².